The van der Waals surface area contributed by atoms with Crippen LogP contribution < -0.4 is 15.5 Å². The SMILES string of the molecule is CC1(C)C2CCCNC2N2C3NCCCC3C3CC4C(C5CCCCC5N4c4ccccc4)C1C32. The number of piperidine rings is 3. The van der Waals surface area contributed by atoms with E-state index in [1.54, 1.807) is 0 Å². The molecule has 2 saturated carbocycles. The molecule has 4 nitrogen and oxygen atoms in total. The summed E-state index contributed by atoms with van der Waals surface area (Å²) >= 11 is 0. The summed E-state index contributed by atoms with van der Waals surface area (Å²) in [4.78, 5) is 6.10. The zero-order valence-electron chi connectivity index (χ0n) is 21.9. The lowest BCUT2D eigenvalue weighted by Gasteiger charge is -2.64. The molecule has 2 N–H and O–H groups in total. The van der Waals surface area contributed by atoms with Crippen LogP contribution in [0.15, 0.2) is 30.3 Å². The number of hydrogen-bond acceptors (Lipinski definition) is 4. The second-order valence-corrected chi connectivity index (χ2v) is 13.9. The highest BCUT2D eigenvalue weighted by atomic mass is 15.4. The lowest BCUT2D eigenvalue weighted by Crippen LogP contribution is -2.72. The number of benzene rings is 1. The minimum atomic E-state index is 0.406. The fraction of sp³-hybridized carbons (Fsp3) is 0.806. The van der Waals surface area contributed by atoms with Gasteiger partial charge in [0.2, 0.25) is 0 Å². The van der Waals surface area contributed by atoms with E-state index in [4.69, 9.17) is 0 Å². The van der Waals surface area contributed by atoms with Crippen LogP contribution in [0.3, 0.4) is 0 Å². The Labute approximate surface area is 212 Å². The first-order valence-corrected chi connectivity index (χ1v) is 15.2. The summed E-state index contributed by atoms with van der Waals surface area (Å²) in [6.07, 6.45) is 14.0. The Kier molecular flexibility index (Phi) is 4.98. The molecular weight excluding hydrogens is 428 g/mol. The summed E-state index contributed by atoms with van der Waals surface area (Å²) in [7, 11) is 0. The molecule has 7 aliphatic rings. The molecule has 190 valence electrons. The third-order valence-electron chi connectivity index (χ3n) is 12.5. The molecule has 0 radical (unpaired) electrons. The maximum Gasteiger partial charge on any atom is 0.0647 e. The normalized spacial score (nSPS) is 50.0. The zero-order valence-corrected chi connectivity index (χ0v) is 21.9. The second-order valence-electron chi connectivity index (χ2n) is 13.9. The summed E-state index contributed by atoms with van der Waals surface area (Å²) in [5, 5.41) is 8.19. The average Bonchev–Trinajstić information content (AvgIpc) is 3.40. The van der Waals surface area contributed by atoms with Crippen LogP contribution in [0, 0.1) is 40.9 Å². The van der Waals surface area contributed by atoms with E-state index in [2.05, 4.69) is 64.6 Å². The van der Waals surface area contributed by atoms with Gasteiger partial charge in [0.25, 0.3) is 0 Å². The van der Waals surface area contributed by atoms with Gasteiger partial charge in [0.1, 0.15) is 0 Å². The molecule has 11 atom stereocenters. The van der Waals surface area contributed by atoms with Crippen molar-refractivity contribution in [2.45, 2.75) is 102 Å². The van der Waals surface area contributed by atoms with Gasteiger partial charge in [-0.25, -0.2) is 0 Å². The quantitative estimate of drug-likeness (QED) is 0.596. The van der Waals surface area contributed by atoms with E-state index in [0.29, 0.717) is 17.7 Å². The molecule has 1 aromatic rings. The summed E-state index contributed by atoms with van der Waals surface area (Å²) < 4.78 is 0. The van der Waals surface area contributed by atoms with Crippen molar-refractivity contribution in [2.75, 3.05) is 18.0 Å². The van der Waals surface area contributed by atoms with Gasteiger partial charge in [0.15, 0.2) is 0 Å². The lowest BCUT2D eigenvalue weighted by molar-refractivity contribution is -0.158. The van der Waals surface area contributed by atoms with Crippen LogP contribution in [0.4, 0.5) is 5.69 Å². The fourth-order valence-corrected chi connectivity index (χ4v) is 11.5. The van der Waals surface area contributed by atoms with Gasteiger partial charge < -0.3 is 15.5 Å². The third-order valence-corrected chi connectivity index (χ3v) is 12.5. The molecule has 5 aliphatic heterocycles. The van der Waals surface area contributed by atoms with Crippen LogP contribution in [0.5, 0.6) is 0 Å². The molecule has 8 rings (SSSR count). The summed E-state index contributed by atoms with van der Waals surface area (Å²) in [5.74, 6) is 5.07. The Bertz CT molecular complexity index is 947. The maximum absolute atomic E-state index is 4.10. The van der Waals surface area contributed by atoms with Crippen molar-refractivity contribution in [3.63, 3.8) is 0 Å². The van der Waals surface area contributed by atoms with Gasteiger partial charge in [-0.3, -0.25) is 4.90 Å². The Morgan fingerprint density at radius 1 is 0.771 bits per heavy atom. The van der Waals surface area contributed by atoms with E-state index < -0.39 is 0 Å². The van der Waals surface area contributed by atoms with Gasteiger partial charge in [-0.15, -0.1) is 0 Å². The highest BCUT2D eigenvalue weighted by molar-refractivity contribution is 5.51. The van der Waals surface area contributed by atoms with Crippen molar-refractivity contribution >= 4 is 5.69 Å². The highest BCUT2D eigenvalue weighted by Crippen LogP contribution is 2.66. The molecule has 0 bridgehead atoms. The van der Waals surface area contributed by atoms with Crippen LogP contribution in [0.25, 0.3) is 0 Å². The highest BCUT2D eigenvalue weighted by Gasteiger charge is 2.70. The first-order valence-electron chi connectivity index (χ1n) is 15.2. The van der Waals surface area contributed by atoms with E-state index in [1.807, 2.05) is 0 Å². The van der Waals surface area contributed by atoms with Crippen LogP contribution in [0.2, 0.25) is 0 Å². The molecule has 7 fully saturated rings. The monoisotopic (exact) mass is 474 g/mol. The zero-order chi connectivity index (χ0) is 23.3. The summed E-state index contributed by atoms with van der Waals surface area (Å²) in [6.45, 7) is 7.87. The molecule has 0 amide bonds. The first kappa shape index (κ1) is 21.9. The predicted molar refractivity (Wildman–Crippen MR) is 142 cm³/mol. The minimum absolute atomic E-state index is 0.406. The maximum atomic E-state index is 4.10. The molecule has 1 aromatic carbocycles. The Morgan fingerprint density at radius 3 is 2.37 bits per heavy atom. The van der Waals surface area contributed by atoms with E-state index in [1.165, 1.54) is 76.6 Å². The van der Waals surface area contributed by atoms with Crippen LogP contribution in [0.1, 0.15) is 71.6 Å². The van der Waals surface area contributed by atoms with Crippen LogP contribution in [-0.4, -0.2) is 48.4 Å². The van der Waals surface area contributed by atoms with E-state index >= 15 is 0 Å². The minimum Gasteiger partial charge on any atom is -0.365 e. The molecule has 5 heterocycles. The largest absolute Gasteiger partial charge is 0.365 e. The Hall–Kier alpha value is -1.10. The van der Waals surface area contributed by atoms with Gasteiger partial charge in [-0.05, 0) is 111 Å². The Morgan fingerprint density at radius 2 is 1.51 bits per heavy atom. The standard InChI is InChI=1S/C31H46N4/c1-31(2)23-14-9-17-33-30(23)35-28-22(20-13-8-16-32-29(20)35)18-25-26(27(28)31)21-12-6-7-15-24(21)34(25)19-10-4-3-5-11-19/h3-5,10-11,20-30,32-33H,6-9,12-18H2,1-2H3. The number of fused-ring (bicyclic) bond motifs is 9. The van der Waals surface area contributed by atoms with Crippen molar-refractivity contribution in [3.05, 3.63) is 30.3 Å². The number of nitrogens with one attached hydrogen (secondary N) is 2. The third kappa shape index (κ3) is 2.91. The average molecular weight is 475 g/mol. The predicted octanol–water partition coefficient (Wildman–Crippen LogP) is 5.06. The van der Waals surface area contributed by atoms with Crippen molar-refractivity contribution in [3.8, 4) is 0 Å². The number of para-hydroxylation sites is 1. The molecular formula is C31H46N4. The van der Waals surface area contributed by atoms with Gasteiger partial charge in [0.05, 0.1) is 12.3 Å². The molecule has 2 aliphatic carbocycles. The fourth-order valence-electron chi connectivity index (χ4n) is 11.5. The first-order chi connectivity index (χ1) is 17.2. The van der Waals surface area contributed by atoms with E-state index in [-0.39, 0.29) is 0 Å². The molecule has 0 spiro atoms. The number of nitrogens with zero attached hydrogens (tertiary/aromatic N) is 2. The molecule has 0 aromatic heterocycles. The van der Waals surface area contributed by atoms with Gasteiger partial charge in [-0.2, -0.15) is 0 Å². The smallest absolute Gasteiger partial charge is 0.0647 e. The van der Waals surface area contributed by atoms with Crippen molar-refractivity contribution in [1.82, 2.24) is 15.5 Å². The lowest BCUT2D eigenvalue weighted by atomic mass is 9.49. The second kappa shape index (κ2) is 7.95. The van der Waals surface area contributed by atoms with Crippen molar-refractivity contribution < 1.29 is 0 Å². The summed E-state index contributed by atoms with van der Waals surface area (Å²) in [5.41, 5.74) is 1.93. The number of hydrogen-bond donors (Lipinski definition) is 2. The van der Waals surface area contributed by atoms with Gasteiger partial charge >= 0.3 is 0 Å². The van der Waals surface area contributed by atoms with Crippen molar-refractivity contribution in [2.24, 2.45) is 40.9 Å². The Balaban J connectivity index is 1.29. The topological polar surface area (TPSA) is 30.5 Å². The number of rotatable bonds is 1. The molecule has 5 saturated heterocycles. The molecule has 11 unspecified atom stereocenters. The van der Waals surface area contributed by atoms with Gasteiger partial charge in [-0.1, -0.05) is 44.9 Å². The van der Waals surface area contributed by atoms with E-state index in [0.717, 1.165) is 53.6 Å². The van der Waals surface area contributed by atoms with Crippen LogP contribution in [-0.2, 0) is 0 Å². The van der Waals surface area contributed by atoms with Crippen molar-refractivity contribution in [1.29, 1.82) is 0 Å². The van der Waals surface area contributed by atoms with Crippen LogP contribution >= 0.6 is 0 Å². The molecule has 4 heteroatoms. The molecule has 35 heavy (non-hydrogen) atoms. The van der Waals surface area contributed by atoms with Gasteiger partial charge in [0, 0.05) is 23.8 Å². The number of anilines is 1. The summed E-state index contributed by atoms with van der Waals surface area (Å²) in [6, 6.07) is 13.9. The van der Waals surface area contributed by atoms with E-state index in [9.17, 15) is 0 Å².